The average molecular weight is 978 g/mol. The van der Waals surface area contributed by atoms with Crippen LogP contribution >= 0.6 is 0 Å². The minimum atomic E-state index is -0.447. The van der Waals surface area contributed by atoms with Gasteiger partial charge in [0.05, 0.1) is 32.4 Å². The number of aliphatic hydroxyl groups excluding tert-OH is 2. The Labute approximate surface area is 427 Å². The van der Waals surface area contributed by atoms with Crippen molar-refractivity contribution in [3.63, 3.8) is 0 Å². The molecule has 11 atom stereocenters. The number of benzene rings is 3. The van der Waals surface area contributed by atoms with Crippen LogP contribution in [0.25, 0.3) is 5.57 Å². The van der Waals surface area contributed by atoms with Gasteiger partial charge in [-0.15, -0.1) is 0 Å². The molecule has 0 amide bonds. The molecule has 3 aromatic carbocycles. The number of piperidine rings is 1. The van der Waals surface area contributed by atoms with E-state index in [1.807, 2.05) is 25.3 Å². The SMILES string of the molecule is COc1cc(C(=CC(=O)CC(=O)CC2C=CC3CC(NCC(C)O)CC3(CC3C4CCNCC4CC4C=CCNC43)C2)CO)c(CC2=CNC(N)C=C2CCc2cccc(CCc3ccccc3)c2)cc1O. The molecule has 11 heteroatoms. The summed E-state index contributed by atoms with van der Waals surface area (Å²) in [4.78, 5) is 28.0. The number of hydrogen-bond donors (Lipinski definition) is 8. The lowest BCUT2D eigenvalue weighted by molar-refractivity contribution is -0.125. The van der Waals surface area contributed by atoms with Gasteiger partial charge in [-0.1, -0.05) is 78.9 Å². The number of phenols is 1. The van der Waals surface area contributed by atoms with E-state index in [2.05, 4.69) is 94.1 Å². The van der Waals surface area contributed by atoms with Crippen LogP contribution in [-0.2, 0) is 35.3 Å². The number of aromatic hydroxyl groups is 1. The second kappa shape index (κ2) is 23.8. The van der Waals surface area contributed by atoms with Crippen molar-refractivity contribution in [2.75, 3.05) is 39.9 Å². The first kappa shape index (κ1) is 51.7. The third-order valence-corrected chi connectivity index (χ3v) is 17.1. The van der Waals surface area contributed by atoms with E-state index < -0.39 is 12.7 Å². The van der Waals surface area contributed by atoms with Gasteiger partial charge in [0.25, 0.3) is 0 Å². The fraction of sp³-hybridized carbons (Fsp3) is 0.508. The van der Waals surface area contributed by atoms with Gasteiger partial charge < -0.3 is 47.1 Å². The molecule has 0 bridgehead atoms. The number of phenolic OH excluding ortho intramolecular Hbond substituents is 1. The van der Waals surface area contributed by atoms with Gasteiger partial charge in [0, 0.05) is 37.8 Å². The van der Waals surface area contributed by atoms with E-state index in [4.69, 9.17) is 10.5 Å². The third kappa shape index (κ3) is 12.6. The largest absolute Gasteiger partial charge is 0.504 e. The van der Waals surface area contributed by atoms with E-state index in [1.54, 1.807) is 12.1 Å². The lowest BCUT2D eigenvalue weighted by Gasteiger charge is -2.54. The highest BCUT2D eigenvalue weighted by Gasteiger charge is 2.54. The Morgan fingerprint density at radius 2 is 1.75 bits per heavy atom. The molecular weight excluding hydrogens is 899 g/mol. The van der Waals surface area contributed by atoms with E-state index in [-0.39, 0.29) is 53.4 Å². The van der Waals surface area contributed by atoms with Crippen molar-refractivity contribution in [3.05, 3.63) is 148 Å². The molecule has 72 heavy (non-hydrogen) atoms. The molecule has 3 fully saturated rings. The number of nitrogens with one attached hydrogen (secondary N) is 4. The molecule has 11 unspecified atom stereocenters. The number of hydrogen-bond acceptors (Lipinski definition) is 11. The third-order valence-electron chi connectivity index (χ3n) is 17.1. The van der Waals surface area contributed by atoms with Crippen molar-refractivity contribution in [2.45, 2.75) is 115 Å². The highest BCUT2D eigenvalue weighted by atomic mass is 16.5. The van der Waals surface area contributed by atoms with Gasteiger partial charge >= 0.3 is 0 Å². The molecule has 384 valence electrons. The lowest BCUT2D eigenvalue weighted by atomic mass is 9.55. The van der Waals surface area contributed by atoms with E-state index in [9.17, 15) is 24.9 Å². The van der Waals surface area contributed by atoms with Crippen LogP contribution in [0, 0.1) is 40.9 Å². The van der Waals surface area contributed by atoms with Crippen molar-refractivity contribution < 1.29 is 29.6 Å². The zero-order chi connectivity index (χ0) is 50.2. The summed E-state index contributed by atoms with van der Waals surface area (Å²) in [6.07, 6.45) is 24.4. The van der Waals surface area contributed by atoms with Crippen LogP contribution in [-0.4, -0.2) is 91.1 Å². The topological polar surface area (TPSA) is 178 Å². The standard InChI is InChI=1S/C61H79N5O6/c1-39(68)35-65-51-29-50-18-16-43(32-61(50,33-51)34-56-54-19-21-63-36-48(54)24-45-12-7-20-64-60(45)56)23-52(69)30-53(70)26-49(38-67)55-31-58(72-2)57(71)27-46(55)25-47-37-66-59(62)28-44(47)17-15-42-11-6-10-41(22-42)14-13-40-8-4-3-5-9-40/h3-12,16,18,22,26-28,31,37,39,43,45,48,50-51,54,56,59-60,63-68,71H,13-15,17,19-21,23-25,29-30,32-36,38,62H2,1-2H3. The summed E-state index contributed by atoms with van der Waals surface area (Å²) in [6.45, 7) is 5.01. The quantitative estimate of drug-likeness (QED) is 0.0302. The number of fused-ring (bicyclic) bond motifs is 3. The maximum atomic E-state index is 14.0. The van der Waals surface area contributed by atoms with Crippen molar-refractivity contribution in [1.29, 1.82) is 0 Å². The van der Waals surface area contributed by atoms with Gasteiger partial charge in [-0.3, -0.25) is 9.59 Å². The number of Topliss-reactive ketones (excluding diaryl/α,β-unsaturated/α-hetero) is 1. The van der Waals surface area contributed by atoms with Crippen molar-refractivity contribution in [2.24, 2.45) is 46.7 Å². The molecule has 6 aliphatic rings. The van der Waals surface area contributed by atoms with Crippen molar-refractivity contribution in [1.82, 2.24) is 21.3 Å². The molecule has 9 rings (SSSR count). The van der Waals surface area contributed by atoms with Gasteiger partial charge in [-0.05, 0) is 200 Å². The molecule has 9 N–H and O–H groups in total. The molecule has 3 aliphatic carbocycles. The highest BCUT2D eigenvalue weighted by molar-refractivity contribution is 6.08. The number of carbonyl (C=O) groups is 2. The summed E-state index contributed by atoms with van der Waals surface area (Å²) in [5.41, 5.74) is 14.0. The van der Waals surface area contributed by atoms with Crippen LogP contribution in [0.1, 0.15) is 92.5 Å². The van der Waals surface area contributed by atoms with Crippen molar-refractivity contribution in [3.8, 4) is 11.5 Å². The summed E-state index contributed by atoms with van der Waals surface area (Å²) in [6, 6.07) is 23.4. The predicted molar refractivity (Wildman–Crippen MR) is 286 cm³/mol. The molecule has 2 saturated carbocycles. The Hall–Kier alpha value is -5.14. The van der Waals surface area contributed by atoms with Crippen LogP contribution in [0.2, 0.25) is 0 Å². The Morgan fingerprint density at radius 3 is 2.54 bits per heavy atom. The number of nitrogens with two attached hydrogens (primary N) is 1. The first-order valence-electron chi connectivity index (χ1n) is 27.0. The molecular formula is C61H79N5O6. The van der Waals surface area contributed by atoms with Crippen LogP contribution < -0.4 is 31.7 Å². The minimum absolute atomic E-state index is 0.0142. The first-order valence-corrected chi connectivity index (χ1v) is 27.0. The first-order chi connectivity index (χ1) is 34.9. The molecule has 11 nitrogen and oxygen atoms in total. The number of dihydropyridines is 1. The lowest BCUT2D eigenvalue weighted by Crippen LogP contribution is -2.57. The number of allylic oxidation sites excluding steroid dienone is 5. The van der Waals surface area contributed by atoms with Crippen molar-refractivity contribution >= 4 is 17.1 Å². The monoisotopic (exact) mass is 978 g/mol. The fourth-order valence-corrected chi connectivity index (χ4v) is 13.8. The van der Waals surface area contributed by atoms with Gasteiger partial charge in [-0.2, -0.15) is 0 Å². The molecule has 3 aromatic rings. The zero-order valence-corrected chi connectivity index (χ0v) is 42.5. The minimum Gasteiger partial charge on any atom is -0.504 e. The van der Waals surface area contributed by atoms with E-state index in [0.29, 0.717) is 71.3 Å². The van der Waals surface area contributed by atoms with Gasteiger partial charge in [0.1, 0.15) is 5.78 Å². The second-order valence-electron chi connectivity index (χ2n) is 22.2. The number of rotatable bonds is 21. The second-order valence-corrected chi connectivity index (χ2v) is 22.2. The van der Waals surface area contributed by atoms with Crippen LogP contribution in [0.15, 0.2) is 121 Å². The summed E-state index contributed by atoms with van der Waals surface area (Å²) in [7, 11) is 1.47. The maximum Gasteiger partial charge on any atom is 0.163 e. The molecule has 0 radical (unpaired) electrons. The summed E-state index contributed by atoms with van der Waals surface area (Å²) < 4.78 is 5.54. The number of carbonyl (C=O) groups excluding carboxylic acids is 2. The molecule has 0 spiro atoms. The molecule has 3 heterocycles. The molecule has 3 aliphatic heterocycles. The van der Waals surface area contributed by atoms with Crippen LogP contribution in [0.5, 0.6) is 11.5 Å². The average Bonchev–Trinajstić information content (AvgIpc) is 3.74. The molecule has 1 saturated heterocycles. The zero-order valence-electron chi connectivity index (χ0n) is 42.5. The predicted octanol–water partition coefficient (Wildman–Crippen LogP) is 7.45. The summed E-state index contributed by atoms with van der Waals surface area (Å²) >= 11 is 0. The Kier molecular flexibility index (Phi) is 17.1. The number of aliphatic hydroxyl groups is 2. The normalized spacial score (nSPS) is 29.2. The van der Waals surface area contributed by atoms with Crippen LogP contribution in [0.3, 0.4) is 0 Å². The number of methoxy groups -OCH3 is 1. The Balaban J connectivity index is 0.879. The Morgan fingerprint density at radius 1 is 0.958 bits per heavy atom. The summed E-state index contributed by atoms with van der Waals surface area (Å²) in [5, 5.41) is 46.8. The van der Waals surface area contributed by atoms with Gasteiger partial charge in [-0.25, -0.2) is 0 Å². The number of ether oxygens (including phenoxy) is 1. The van der Waals surface area contributed by atoms with Gasteiger partial charge in [0.15, 0.2) is 17.3 Å². The van der Waals surface area contributed by atoms with Crippen LogP contribution in [0.4, 0.5) is 0 Å². The number of aryl methyl sites for hydroxylation is 3. The molecule has 0 aromatic heterocycles. The van der Waals surface area contributed by atoms with E-state index in [1.165, 1.54) is 42.7 Å². The van der Waals surface area contributed by atoms with Gasteiger partial charge in [0.2, 0.25) is 0 Å². The van der Waals surface area contributed by atoms with E-state index >= 15 is 0 Å². The fourth-order valence-electron chi connectivity index (χ4n) is 13.8. The smallest absolute Gasteiger partial charge is 0.163 e. The Bertz CT molecular complexity index is 2530. The number of ketones is 2. The highest BCUT2D eigenvalue weighted by Crippen LogP contribution is 2.58. The van der Waals surface area contributed by atoms with E-state index in [0.717, 1.165) is 82.1 Å². The summed E-state index contributed by atoms with van der Waals surface area (Å²) in [5.74, 6) is 2.51. The maximum absolute atomic E-state index is 14.0.